The molecule has 0 nitrogen and oxygen atoms in total. The molecule has 0 spiro atoms. The Morgan fingerprint density at radius 2 is 0.577 bits per heavy atom. The van der Waals surface area contributed by atoms with Crippen LogP contribution >= 0.6 is 0 Å². The lowest BCUT2D eigenvalue weighted by molar-refractivity contribution is 1.24. The molecule has 0 aromatic heterocycles. The maximum atomic E-state index is 2.26. The first-order valence-corrected chi connectivity index (χ1v) is 9.38. The molecular formula is C26H32. The Morgan fingerprint density at radius 3 is 0.846 bits per heavy atom. The molecule has 136 valence electrons. The molecule has 3 aromatic carbocycles. The third kappa shape index (κ3) is 4.85. The van der Waals surface area contributed by atoms with Crippen molar-refractivity contribution in [2.24, 2.45) is 0 Å². The van der Waals surface area contributed by atoms with Crippen molar-refractivity contribution in [2.75, 3.05) is 0 Å². The molecule has 0 heterocycles. The molecule has 0 amide bonds. The van der Waals surface area contributed by atoms with Gasteiger partial charge in [-0.1, -0.05) is 48.5 Å². The van der Waals surface area contributed by atoms with E-state index in [-0.39, 0.29) is 0 Å². The zero-order valence-corrected chi connectivity index (χ0v) is 17.6. The average molecular weight is 345 g/mol. The van der Waals surface area contributed by atoms with Crippen LogP contribution in [0.4, 0.5) is 0 Å². The van der Waals surface area contributed by atoms with Gasteiger partial charge in [-0.2, -0.15) is 0 Å². The van der Waals surface area contributed by atoms with Crippen LogP contribution in [0.25, 0.3) is 11.1 Å². The second kappa shape index (κ2) is 8.36. The molecular weight excluding hydrogens is 312 g/mol. The van der Waals surface area contributed by atoms with Crippen molar-refractivity contribution < 1.29 is 0 Å². The van der Waals surface area contributed by atoms with Gasteiger partial charge in [-0.25, -0.2) is 0 Å². The molecule has 0 bridgehead atoms. The molecule has 0 heteroatoms. The molecule has 0 aliphatic heterocycles. The van der Waals surface area contributed by atoms with E-state index in [0.29, 0.717) is 0 Å². The molecule has 0 N–H and O–H groups in total. The van der Waals surface area contributed by atoms with Gasteiger partial charge in [-0.3, -0.25) is 0 Å². The molecule has 0 saturated carbocycles. The summed E-state index contributed by atoms with van der Waals surface area (Å²) in [6.45, 7) is 17.3. The van der Waals surface area contributed by atoms with Crippen LogP contribution in [0.2, 0.25) is 0 Å². The lowest BCUT2D eigenvalue weighted by Gasteiger charge is -2.08. The summed E-state index contributed by atoms with van der Waals surface area (Å²) in [6.07, 6.45) is 0. The van der Waals surface area contributed by atoms with Crippen LogP contribution in [-0.4, -0.2) is 0 Å². The van der Waals surface area contributed by atoms with Gasteiger partial charge < -0.3 is 0 Å². The summed E-state index contributed by atoms with van der Waals surface area (Å²) in [4.78, 5) is 0. The predicted molar refractivity (Wildman–Crippen MR) is 116 cm³/mol. The maximum Gasteiger partial charge on any atom is -0.0181 e. The summed E-state index contributed by atoms with van der Waals surface area (Å²) in [5, 5.41) is 0. The highest BCUT2D eigenvalue weighted by Crippen LogP contribution is 2.24. The maximum absolute atomic E-state index is 2.26. The van der Waals surface area contributed by atoms with E-state index in [0.717, 1.165) is 0 Å². The van der Waals surface area contributed by atoms with E-state index in [4.69, 9.17) is 0 Å². The fourth-order valence-electron chi connectivity index (χ4n) is 2.95. The van der Waals surface area contributed by atoms with Crippen LogP contribution in [0.5, 0.6) is 0 Å². The number of hydrogen-bond acceptors (Lipinski definition) is 0. The topological polar surface area (TPSA) is 0 Å². The Hall–Kier alpha value is -2.34. The third-order valence-corrected chi connectivity index (χ3v) is 5.46. The molecule has 0 aliphatic rings. The van der Waals surface area contributed by atoms with Crippen molar-refractivity contribution in [3.8, 4) is 11.1 Å². The molecule has 3 aromatic rings. The summed E-state index contributed by atoms with van der Waals surface area (Å²) in [5.74, 6) is 0. The number of hydrogen-bond donors (Lipinski definition) is 0. The molecule has 0 saturated heterocycles. The van der Waals surface area contributed by atoms with Gasteiger partial charge in [-0.15, -0.1) is 0 Å². The Morgan fingerprint density at radius 1 is 0.308 bits per heavy atom. The lowest BCUT2D eigenvalue weighted by Crippen LogP contribution is -1.86. The summed E-state index contributed by atoms with van der Waals surface area (Å²) in [6, 6.07) is 17.8. The predicted octanol–water partition coefficient (Wildman–Crippen LogP) is 7.51. The van der Waals surface area contributed by atoms with Gasteiger partial charge in [0.15, 0.2) is 0 Å². The number of rotatable bonds is 1. The normalized spacial score (nSPS) is 10.3. The van der Waals surface area contributed by atoms with Crippen molar-refractivity contribution in [2.45, 2.75) is 55.4 Å². The van der Waals surface area contributed by atoms with Gasteiger partial charge in [0.05, 0.1) is 0 Å². The molecule has 0 fully saturated rings. The van der Waals surface area contributed by atoms with E-state index in [9.17, 15) is 0 Å². The first-order valence-electron chi connectivity index (χ1n) is 9.38. The van der Waals surface area contributed by atoms with Crippen molar-refractivity contribution in [1.29, 1.82) is 0 Å². The second-order valence-electron chi connectivity index (χ2n) is 7.62. The summed E-state index contributed by atoms with van der Waals surface area (Å²) in [5.41, 5.74) is 13.6. The van der Waals surface area contributed by atoms with E-state index in [1.54, 1.807) is 0 Å². The van der Waals surface area contributed by atoms with Crippen LogP contribution in [0.3, 0.4) is 0 Å². The lowest BCUT2D eigenvalue weighted by atomic mass is 9.98. The smallest absolute Gasteiger partial charge is 0.0181 e. The SMILES string of the molecule is Cc1cc(C)c(C)cc1C.Cc1ccc(-c2ccc(C)c(C)c2)cc1C. The minimum atomic E-state index is 1.31. The average Bonchev–Trinajstić information content (AvgIpc) is 2.59. The minimum absolute atomic E-state index is 1.31. The van der Waals surface area contributed by atoms with E-state index < -0.39 is 0 Å². The van der Waals surface area contributed by atoms with Crippen LogP contribution in [0, 0.1) is 55.4 Å². The van der Waals surface area contributed by atoms with Gasteiger partial charge >= 0.3 is 0 Å². The Balaban J connectivity index is 0.000000209. The first kappa shape index (κ1) is 20.0. The monoisotopic (exact) mass is 344 g/mol. The molecule has 0 radical (unpaired) electrons. The van der Waals surface area contributed by atoms with Gasteiger partial charge in [0, 0.05) is 0 Å². The van der Waals surface area contributed by atoms with Crippen molar-refractivity contribution >= 4 is 0 Å². The Bertz CT molecular complexity index is 814. The van der Waals surface area contributed by atoms with Crippen LogP contribution < -0.4 is 0 Å². The van der Waals surface area contributed by atoms with E-state index in [1.807, 2.05) is 0 Å². The Kier molecular flexibility index (Phi) is 6.42. The quantitative estimate of drug-likeness (QED) is 0.428. The molecule has 0 aliphatic carbocycles. The highest BCUT2D eigenvalue weighted by atomic mass is 14.1. The summed E-state index contributed by atoms with van der Waals surface area (Å²) < 4.78 is 0. The van der Waals surface area contributed by atoms with E-state index in [2.05, 4.69) is 104 Å². The van der Waals surface area contributed by atoms with Gasteiger partial charge in [0.1, 0.15) is 0 Å². The Labute approximate surface area is 159 Å². The molecule has 26 heavy (non-hydrogen) atoms. The highest BCUT2D eigenvalue weighted by molar-refractivity contribution is 5.66. The van der Waals surface area contributed by atoms with Crippen molar-refractivity contribution in [3.63, 3.8) is 0 Å². The third-order valence-electron chi connectivity index (χ3n) is 5.46. The van der Waals surface area contributed by atoms with Crippen molar-refractivity contribution in [3.05, 3.63) is 93.0 Å². The number of benzene rings is 3. The largest absolute Gasteiger partial charge is 0.0584 e. The van der Waals surface area contributed by atoms with E-state index in [1.165, 1.54) is 55.6 Å². The zero-order chi connectivity index (χ0) is 19.4. The summed E-state index contributed by atoms with van der Waals surface area (Å²) >= 11 is 0. The first-order chi connectivity index (χ1) is 12.2. The fourth-order valence-corrected chi connectivity index (χ4v) is 2.95. The van der Waals surface area contributed by atoms with Crippen molar-refractivity contribution in [1.82, 2.24) is 0 Å². The second-order valence-corrected chi connectivity index (χ2v) is 7.62. The molecule has 0 unspecified atom stereocenters. The minimum Gasteiger partial charge on any atom is -0.0584 e. The van der Waals surface area contributed by atoms with Gasteiger partial charge in [0.25, 0.3) is 0 Å². The van der Waals surface area contributed by atoms with E-state index >= 15 is 0 Å². The summed E-state index contributed by atoms with van der Waals surface area (Å²) in [7, 11) is 0. The zero-order valence-electron chi connectivity index (χ0n) is 17.6. The molecule has 0 atom stereocenters. The van der Waals surface area contributed by atoms with Gasteiger partial charge in [-0.05, 0) is 111 Å². The highest BCUT2D eigenvalue weighted by Gasteiger charge is 2.01. The fraction of sp³-hybridized carbons (Fsp3) is 0.308. The van der Waals surface area contributed by atoms with Crippen LogP contribution in [-0.2, 0) is 0 Å². The van der Waals surface area contributed by atoms with Crippen LogP contribution in [0.1, 0.15) is 44.5 Å². The number of aryl methyl sites for hydroxylation is 8. The molecule has 3 rings (SSSR count). The van der Waals surface area contributed by atoms with Gasteiger partial charge in [0.2, 0.25) is 0 Å². The standard InChI is InChI=1S/C16H18.C10H14/c1-11-5-7-15(9-13(11)3)16-8-6-12(2)14(4)10-16;1-7-5-9(3)10(4)6-8(7)2/h5-10H,1-4H3;5-6H,1-4H3. The van der Waals surface area contributed by atoms with Crippen LogP contribution in [0.15, 0.2) is 48.5 Å².